The Labute approximate surface area is 104 Å². The summed E-state index contributed by atoms with van der Waals surface area (Å²) in [5.41, 5.74) is 1.39. The van der Waals surface area contributed by atoms with Crippen LogP contribution in [0.4, 0.5) is 0 Å². The molecule has 2 rings (SSSR count). The molecule has 96 valence electrons. The molecule has 17 heavy (non-hydrogen) atoms. The molecule has 1 aliphatic heterocycles. The van der Waals surface area contributed by atoms with Crippen molar-refractivity contribution in [3.63, 3.8) is 0 Å². The lowest BCUT2D eigenvalue weighted by atomic mass is 9.82. The highest BCUT2D eigenvalue weighted by Crippen LogP contribution is 2.29. The van der Waals surface area contributed by atoms with E-state index in [-0.39, 0.29) is 12.0 Å². The molecule has 0 N–H and O–H groups in total. The van der Waals surface area contributed by atoms with Crippen LogP contribution in [0.15, 0.2) is 4.99 Å². The fourth-order valence-corrected chi connectivity index (χ4v) is 3.05. The van der Waals surface area contributed by atoms with Gasteiger partial charge in [-0.15, -0.1) is 0 Å². The Bertz CT molecular complexity index is 293. The normalized spacial score (nSPS) is 26.4. The number of ether oxygens (including phenoxy) is 1. The highest BCUT2D eigenvalue weighted by molar-refractivity contribution is 5.87. The summed E-state index contributed by atoms with van der Waals surface area (Å²) in [6.07, 6.45) is 10.6. The van der Waals surface area contributed by atoms with Crippen LogP contribution in [-0.4, -0.2) is 24.8 Å². The maximum absolute atomic E-state index is 11.3. The molecule has 3 nitrogen and oxygen atoms in total. The van der Waals surface area contributed by atoms with Crippen LogP contribution in [0.5, 0.6) is 0 Å². The lowest BCUT2D eigenvalue weighted by Gasteiger charge is -2.28. The van der Waals surface area contributed by atoms with E-state index in [4.69, 9.17) is 9.73 Å². The molecule has 0 aromatic heterocycles. The number of carbonyl (C=O) groups excluding carboxylic acids is 1. The molecule has 0 bridgehead atoms. The molecular formula is C14H23NO2. The zero-order valence-electron chi connectivity index (χ0n) is 10.8. The lowest BCUT2D eigenvalue weighted by Crippen LogP contribution is -2.25. The summed E-state index contributed by atoms with van der Waals surface area (Å²) >= 11 is 0. The Balaban J connectivity index is 1.94. The molecule has 1 atom stereocenters. The van der Waals surface area contributed by atoms with Gasteiger partial charge in [-0.05, 0) is 38.0 Å². The topological polar surface area (TPSA) is 38.7 Å². The number of carbonyl (C=O) groups is 1. The second-order valence-corrected chi connectivity index (χ2v) is 5.28. The molecule has 0 aromatic rings. The van der Waals surface area contributed by atoms with Crippen LogP contribution >= 0.6 is 0 Å². The number of methoxy groups -OCH3 is 1. The van der Waals surface area contributed by atoms with Gasteiger partial charge in [0.2, 0.25) is 0 Å². The number of nitrogens with zero attached hydrogens (tertiary/aromatic N) is 1. The van der Waals surface area contributed by atoms with Gasteiger partial charge < -0.3 is 4.74 Å². The summed E-state index contributed by atoms with van der Waals surface area (Å²) in [4.78, 5) is 16.1. The molecule has 1 saturated carbocycles. The Morgan fingerprint density at radius 2 is 2.00 bits per heavy atom. The van der Waals surface area contributed by atoms with Crippen molar-refractivity contribution in [3.05, 3.63) is 0 Å². The fourth-order valence-electron chi connectivity index (χ4n) is 3.05. The molecular weight excluding hydrogens is 214 g/mol. The van der Waals surface area contributed by atoms with Crippen LogP contribution in [0.3, 0.4) is 0 Å². The van der Waals surface area contributed by atoms with Crippen molar-refractivity contribution in [1.82, 2.24) is 0 Å². The quantitative estimate of drug-likeness (QED) is 0.707. The molecule has 0 aromatic carbocycles. The third-order valence-corrected chi connectivity index (χ3v) is 4.03. The molecule has 3 heteroatoms. The van der Waals surface area contributed by atoms with Crippen molar-refractivity contribution < 1.29 is 9.53 Å². The minimum Gasteiger partial charge on any atom is -0.469 e. The van der Waals surface area contributed by atoms with E-state index < -0.39 is 0 Å². The molecule has 1 heterocycles. The van der Waals surface area contributed by atoms with Gasteiger partial charge in [0, 0.05) is 5.71 Å². The predicted molar refractivity (Wildman–Crippen MR) is 68.3 cm³/mol. The standard InChI is InChI=1S/C14H23NO2/c1-17-14(16)10-12-8-5-9-13(15-12)11-6-3-2-4-7-11/h11-12H,2-10H2,1H3. The number of hydrogen-bond donors (Lipinski definition) is 0. The minimum atomic E-state index is -0.122. The second-order valence-electron chi connectivity index (χ2n) is 5.28. The van der Waals surface area contributed by atoms with E-state index in [1.54, 1.807) is 0 Å². The van der Waals surface area contributed by atoms with Gasteiger partial charge in [-0.3, -0.25) is 9.79 Å². The second kappa shape index (κ2) is 6.18. The van der Waals surface area contributed by atoms with Crippen LogP contribution in [0.2, 0.25) is 0 Å². The third kappa shape index (κ3) is 3.55. The van der Waals surface area contributed by atoms with Crippen molar-refractivity contribution in [2.75, 3.05) is 7.11 Å². The van der Waals surface area contributed by atoms with Crippen molar-refractivity contribution >= 4 is 11.7 Å². The first-order valence-corrected chi connectivity index (χ1v) is 6.93. The van der Waals surface area contributed by atoms with Crippen LogP contribution in [0.1, 0.15) is 57.8 Å². The molecule has 0 saturated heterocycles. The van der Waals surface area contributed by atoms with Crippen LogP contribution < -0.4 is 0 Å². The van der Waals surface area contributed by atoms with Crippen LogP contribution in [0.25, 0.3) is 0 Å². The van der Waals surface area contributed by atoms with Gasteiger partial charge in [0.05, 0.1) is 19.6 Å². The minimum absolute atomic E-state index is 0.122. The number of esters is 1. The van der Waals surface area contributed by atoms with E-state index in [0.29, 0.717) is 12.3 Å². The molecule has 1 fully saturated rings. The van der Waals surface area contributed by atoms with Gasteiger partial charge in [0.1, 0.15) is 0 Å². The zero-order chi connectivity index (χ0) is 12.1. The molecule has 0 spiro atoms. The molecule has 2 aliphatic rings. The van der Waals surface area contributed by atoms with Gasteiger partial charge in [0.15, 0.2) is 0 Å². The maximum atomic E-state index is 11.3. The van der Waals surface area contributed by atoms with E-state index in [0.717, 1.165) is 12.8 Å². The average molecular weight is 237 g/mol. The van der Waals surface area contributed by atoms with Gasteiger partial charge in [-0.1, -0.05) is 19.3 Å². The van der Waals surface area contributed by atoms with Crippen LogP contribution in [0, 0.1) is 5.92 Å². The number of aliphatic imine (C=N–C) groups is 1. The summed E-state index contributed by atoms with van der Waals surface area (Å²) in [6.45, 7) is 0. The molecule has 1 unspecified atom stereocenters. The molecule has 1 aliphatic carbocycles. The largest absolute Gasteiger partial charge is 0.469 e. The Morgan fingerprint density at radius 1 is 1.24 bits per heavy atom. The van der Waals surface area contributed by atoms with Crippen molar-refractivity contribution in [2.45, 2.75) is 63.8 Å². The van der Waals surface area contributed by atoms with E-state index in [2.05, 4.69) is 0 Å². The Hall–Kier alpha value is -0.860. The summed E-state index contributed by atoms with van der Waals surface area (Å²) in [7, 11) is 1.46. The van der Waals surface area contributed by atoms with Gasteiger partial charge in [-0.2, -0.15) is 0 Å². The SMILES string of the molecule is COC(=O)CC1CCCC(C2CCCCC2)=N1. The van der Waals surface area contributed by atoms with E-state index >= 15 is 0 Å². The monoisotopic (exact) mass is 237 g/mol. The summed E-state index contributed by atoms with van der Waals surface area (Å²) in [5.74, 6) is 0.591. The first-order chi connectivity index (χ1) is 8.29. The average Bonchev–Trinajstić information content (AvgIpc) is 2.40. The predicted octanol–water partition coefficient (Wildman–Crippen LogP) is 3.12. The summed E-state index contributed by atoms with van der Waals surface area (Å²) in [5, 5.41) is 0. The highest BCUT2D eigenvalue weighted by atomic mass is 16.5. The number of hydrogen-bond acceptors (Lipinski definition) is 3. The van der Waals surface area contributed by atoms with Gasteiger partial charge >= 0.3 is 5.97 Å². The van der Waals surface area contributed by atoms with E-state index in [1.165, 1.54) is 51.3 Å². The third-order valence-electron chi connectivity index (χ3n) is 4.03. The van der Waals surface area contributed by atoms with Gasteiger partial charge in [0.25, 0.3) is 0 Å². The fraction of sp³-hybridized carbons (Fsp3) is 0.857. The maximum Gasteiger partial charge on any atom is 0.307 e. The van der Waals surface area contributed by atoms with Crippen molar-refractivity contribution in [1.29, 1.82) is 0 Å². The van der Waals surface area contributed by atoms with Gasteiger partial charge in [-0.25, -0.2) is 0 Å². The summed E-state index contributed by atoms with van der Waals surface area (Å²) in [6, 6.07) is 0.188. The molecule has 0 amide bonds. The van der Waals surface area contributed by atoms with Crippen LogP contribution in [-0.2, 0) is 9.53 Å². The lowest BCUT2D eigenvalue weighted by molar-refractivity contribution is -0.141. The first-order valence-electron chi connectivity index (χ1n) is 6.93. The summed E-state index contributed by atoms with van der Waals surface area (Å²) < 4.78 is 4.73. The Kier molecular flexibility index (Phi) is 4.57. The van der Waals surface area contributed by atoms with Crippen molar-refractivity contribution in [2.24, 2.45) is 10.9 Å². The van der Waals surface area contributed by atoms with Crippen molar-refractivity contribution in [3.8, 4) is 0 Å². The first kappa shape index (κ1) is 12.6. The van der Waals surface area contributed by atoms with E-state index in [1.807, 2.05) is 0 Å². The molecule has 0 radical (unpaired) electrons. The number of rotatable bonds is 3. The smallest absolute Gasteiger partial charge is 0.307 e. The highest BCUT2D eigenvalue weighted by Gasteiger charge is 2.24. The zero-order valence-corrected chi connectivity index (χ0v) is 10.8. The van der Waals surface area contributed by atoms with E-state index in [9.17, 15) is 4.79 Å². The Morgan fingerprint density at radius 3 is 2.71 bits per heavy atom.